The van der Waals surface area contributed by atoms with E-state index < -0.39 is 17.7 Å². The first-order chi connectivity index (χ1) is 18.7. The Bertz CT molecular complexity index is 1380. The first-order valence-electron chi connectivity index (χ1n) is 13.0. The van der Waals surface area contributed by atoms with Crippen LogP contribution in [0.2, 0.25) is 0 Å². The SMILES string of the molecule is CCOc1ccc([C@@H]2/C(=C(\O)c3ccc(OCC(C)C)cc3C)C(=O)C(=O)N2Cc2cccnc2)cc1OC. The lowest BCUT2D eigenvalue weighted by molar-refractivity contribution is -0.140. The van der Waals surface area contributed by atoms with Gasteiger partial charge in [0, 0.05) is 24.5 Å². The number of aliphatic hydroxyl groups is 1. The number of carbonyl (C=O) groups excluding carboxylic acids is 2. The number of rotatable bonds is 10. The third kappa shape index (κ3) is 5.90. The van der Waals surface area contributed by atoms with Crippen LogP contribution in [-0.2, 0) is 16.1 Å². The van der Waals surface area contributed by atoms with E-state index in [9.17, 15) is 14.7 Å². The minimum absolute atomic E-state index is 0.00838. The Balaban J connectivity index is 1.84. The number of hydrogen-bond donors (Lipinski definition) is 1. The summed E-state index contributed by atoms with van der Waals surface area (Å²) in [6, 6.07) is 13.3. The van der Waals surface area contributed by atoms with Crippen molar-refractivity contribution in [2.24, 2.45) is 5.92 Å². The van der Waals surface area contributed by atoms with Gasteiger partial charge in [-0.1, -0.05) is 26.0 Å². The third-order valence-corrected chi connectivity index (χ3v) is 6.46. The van der Waals surface area contributed by atoms with Crippen LogP contribution >= 0.6 is 0 Å². The molecule has 2 heterocycles. The molecule has 3 aromatic rings. The lowest BCUT2D eigenvalue weighted by Gasteiger charge is -2.26. The van der Waals surface area contributed by atoms with E-state index in [1.54, 1.807) is 48.8 Å². The van der Waals surface area contributed by atoms with Gasteiger partial charge < -0.3 is 24.2 Å². The Labute approximate surface area is 228 Å². The number of likely N-dealkylation sites (tertiary alicyclic amines) is 1. The van der Waals surface area contributed by atoms with Gasteiger partial charge in [-0.05, 0) is 72.9 Å². The molecule has 0 spiro atoms. The maximum atomic E-state index is 13.5. The summed E-state index contributed by atoms with van der Waals surface area (Å²) in [6.07, 6.45) is 3.29. The number of Topliss-reactive ketones (excluding diaryl/α,β-unsaturated/α-hetero) is 1. The minimum Gasteiger partial charge on any atom is -0.507 e. The zero-order valence-electron chi connectivity index (χ0n) is 22.9. The number of pyridine rings is 1. The van der Waals surface area contributed by atoms with Gasteiger partial charge in [0.15, 0.2) is 11.5 Å². The predicted molar refractivity (Wildman–Crippen MR) is 148 cm³/mol. The van der Waals surface area contributed by atoms with Crippen LogP contribution < -0.4 is 14.2 Å². The average molecular weight is 531 g/mol. The summed E-state index contributed by atoms with van der Waals surface area (Å²) in [6.45, 7) is 8.97. The molecule has 1 atom stereocenters. The zero-order chi connectivity index (χ0) is 28.1. The molecule has 39 heavy (non-hydrogen) atoms. The van der Waals surface area contributed by atoms with Crippen molar-refractivity contribution in [2.45, 2.75) is 40.3 Å². The number of aliphatic hydroxyl groups excluding tert-OH is 1. The summed E-state index contributed by atoms with van der Waals surface area (Å²) in [5, 5.41) is 11.6. The van der Waals surface area contributed by atoms with Crippen molar-refractivity contribution in [1.29, 1.82) is 0 Å². The maximum Gasteiger partial charge on any atom is 0.295 e. The van der Waals surface area contributed by atoms with E-state index in [0.717, 1.165) is 11.1 Å². The highest BCUT2D eigenvalue weighted by atomic mass is 16.5. The number of ketones is 1. The van der Waals surface area contributed by atoms with E-state index in [1.807, 2.05) is 26.0 Å². The summed E-state index contributed by atoms with van der Waals surface area (Å²) < 4.78 is 17.0. The normalized spacial score (nSPS) is 16.6. The molecule has 8 heteroatoms. The number of aryl methyl sites for hydroxylation is 1. The van der Waals surface area contributed by atoms with Gasteiger partial charge in [-0.25, -0.2) is 0 Å². The Hall–Kier alpha value is -4.33. The van der Waals surface area contributed by atoms with Crippen molar-refractivity contribution in [3.05, 3.63) is 88.8 Å². The Morgan fingerprint density at radius 3 is 2.51 bits per heavy atom. The fourth-order valence-electron chi connectivity index (χ4n) is 4.61. The third-order valence-electron chi connectivity index (χ3n) is 6.46. The summed E-state index contributed by atoms with van der Waals surface area (Å²) in [4.78, 5) is 32.5. The second kappa shape index (κ2) is 12.0. The lowest BCUT2D eigenvalue weighted by Crippen LogP contribution is -2.29. The molecular weight excluding hydrogens is 496 g/mol. The van der Waals surface area contributed by atoms with Crippen LogP contribution in [0.1, 0.15) is 49.1 Å². The molecule has 1 N–H and O–H groups in total. The molecule has 1 saturated heterocycles. The monoisotopic (exact) mass is 530 g/mol. The highest BCUT2D eigenvalue weighted by molar-refractivity contribution is 6.46. The number of ether oxygens (including phenoxy) is 3. The molecule has 4 rings (SSSR count). The van der Waals surface area contributed by atoms with Crippen LogP contribution in [0.4, 0.5) is 0 Å². The van der Waals surface area contributed by atoms with Crippen LogP contribution in [0.15, 0.2) is 66.5 Å². The number of amides is 1. The quantitative estimate of drug-likeness (QED) is 0.211. The fraction of sp³-hybridized carbons (Fsp3) is 0.323. The van der Waals surface area contributed by atoms with Crippen molar-refractivity contribution in [2.75, 3.05) is 20.3 Å². The average Bonchev–Trinajstić information content (AvgIpc) is 3.17. The number of hydrogen-bond acceptors (Lipinski definition) is 7. The number of benzene rings is 2. The zero-order valence-corrected chi connectivity index (χ0v) is 22.9. The molecule has 1 aliphatic heterocycles. The van der Waals surface area contributed by atoms with Crippen molar-refractivity contribution >= 4 is 17.4 Å². The molecule has 1 fully saturated rings. The van der Waals surface area contributed by atoms with Crippen molar-refractivity contribution < 1.29 is 28.9 Å². The van der Waals surface area contributed by atoms with Gasteiger partial charge in [0.05, 0.1) is 31.9 Å². The van der Waals surface area contributed by atoms with Gasteiger partial charge in [-0.2, -0.15) is 0 Å². The van der Waals surface area contributed by atoms with E-state index in [2.05, 4.69) is 18.8 Å². The molecule has 2 aromatic carbocycles. The van der Waals surface area contributed by atoms with Crippen molar-refractivity contribution in [3.8, 4) is 17.2 Å². The number of methoxy groups -OCH3 is 1. The number of carbonyl (C=O) groups is 2. The van der Waals surface area contributed by atoms with Gasteiger partial charge in [0.2, 0.25) is 0 Å². The van der Waals surface area contributed by atoms with Gasteiger partial charge in [-0.3, -0.25) is 14.6 Å². The van der Waals surface area contributed by atoms with Gasteiger partial charge in [-0.15, -0.1) is 0 Å². The first kappa shape index (κ1) is 27.7. The molecular formula is C31H34N2O6. The molecule has 0 saturated carbocycles. The van der Waals surface area contributed by atoms with Crippen LogP contribution in [0, 0.1) is 12.8 Å². The second-order valence-electron chi connectivity index (χ2n) is 9.81. The lowest BCUT2D eigenvalue weighted by atomic mass is 9.93. The van der Waals surface area contributed by atoms with Crippen LogP contribution in [0.3, 0.4) is 0 Å². The van der Waals surface area contributed by atoms with E-state index in [1.165, 1.54) is 12.0 Å². The van der Waals surface area contributed by atoms with Crippen LogP contribution in [0.25, 0.3) is 5.76 Å². The summed E-state index contributed by atoms with van der Waals surface area (Å²) in [5.41, 5.74) is 2.54. The molecule has 0 radical (unpaired) electrons. The minimum atomic E-state index is -0.856. The second-order valence-corrected chi connectivity index (χ2v) is 9.81. The molecule has 8 nitrogen and oxygen atoms in total. The summed E-state index contributed by atoms with van der Waals surface area (Å²) >= 11 is 0. The van der Waals surface area contributed by atoms with E-state index in [4.69, 9.17) is 14.2 Å². The molecule has 1 aromatic heterocycles. The summed E-state index contributed by atoms with van der Waals surface area (Å²) in [5.74, 6) is 0.335. The van der Waals surface area contributed by atoms with Crippen LogP contribution in [0.5, 0.6) is 17.2 Å². The highest BCUT2D eigenvalue weighted by Crippen LogP contribution is 2.43. The Morgan fingerprint density at radius 1 is 1.08 bits per heavy atom. The molecule has 0 unspecified atom stereocenters. The van der Waals surface area contributed by atoms with Gasteiger partial charge >= 0.3 is 0 Å². The predicted octanol–water partition coefficient (Wildman–Crippen LogP) is 5.45. The van der Waals surface area contributed by atoms with E-state index in [-0.39, 0.29) is 17.9 Å². The number of aromatic nitrogens is 1. The van der Waals surface area contributed by atoms with E-state index in [0.29, 0.717) is 47.5 Å². The number of nitrogens with zero attached hydrogens (tertiary/aromatic N) is 2. The molecule has 0 aliphatic carbocycles. The maximum absolute atomic E-state index is 13.5. The molecule has 0 bridgehead atoms. The molecule has 1 aliphatic rings. The molecule has 204 valence electrons. The fourth-order valence-corrected chi connectivity index (χ4v) is 4.61. The first-order valence-corrected chi connectivity index (χ1v) is 13.0. The van der Waals surface area contributed by atoms with Crippen molar-refractivity contribution in [3.63, 3.8) is 0 Å². The highest BCUT2D eigenvalue weighted by Gasteiger charge is 2.46. The Morgan fingerprint density at radius 2 is 1.87 bits per heavy atom. The van der Waals surface area contributed by atoms with Gasteiger partial charge in [0.25, 0.3) is 11.7 Å². The summed E-state index contributed by atoms with van der Waals surface area (Å²) in [7, 11) is 1.53. The standard InChI is InChI=1S/C31H34N2O6/c1-6-38-25-12-9-22(15-26(25)37-5)28-27(30(35)31(36)33(28)17-21-8-7-13-32-16-21)29(34)24-11-10-23(14-20(24)4)39-18-19(2)3/h7-16,19,28,34H,6,17-18H2,1-5H3/b29-27+/t28-/m1/s1. The topological polar surface area (TPSA) is 98.2 Å². The smallest absolute Gasteiger partial charge is 0.295 e. The van der Waals surface area contributed by atoms with Crippen molar-refractivity contribution in [1.82, 2.24) is 9.88 Å². The largest absolute Gasteiger partial charge is 0.507 e. The van der Waals surface area contributed by atoms with E-state index >= 15 is 0 Å². The Kier molecular flexibility index (Phi) is 8.54. The van der Waals surface area contributed by atoms with Gasteiger partial charge in [0.1, 0.15) is 11.5 Å². The molecule has 1 amide bonds. The van der Waals surface area contributed by atoms with Crippen LogP contribution in [-0.4, -0.2) is 47.0 Å².